The summed E-state index contributed by atoms with van der Waals surface area (Å²) in [7, 11) is 2.09. The molecule has 5 heteroatoms. The van der Waals surface area contributed by atoms with Gasteiger partial charge in [0.15, 0.2) is 0 Å². The molecule has 1 aliphatic heterocycles. The molecule has 18 heavy (non-hydrogen) atoms. The number of piperidine rings is 1. The highest BCUT2D eigenvalue weighted by Gasteiger charge is 2.26. The molecule has 1 aromatic heterocycles. The molecule has 1 aromatic rings. The minimum absolute atomic E-state index is 0.0735. The number of nitrogens with one attached hydrogen (secondary N) is 1. The maximum absolute atomic E-state index is 12.0. The molecule has 0 radical (unpaired) electrons. The van der Waals surface area contributed by atoms with E-state index in [4.69, 9.17) is 0 Å². The Kier molecular flexibility index (Phi) is 3.81. The van der Waals surface area contributed by atoms with Gasteiger partial charge in [-0.15, -0.1) is 0 Å². The van der Waals surface area contributed by atoms with E-state index >= 15 is 0 Å². The van der Waals surface area contributed by atoms with Crippen LogP contribution in [0.15, 0.2) is 18.5 Å². The van der Waals surface area contributed by atoms with Gasteiger partial charge >= 0.3 is 0 Å². The van der Waals surface area contributed by atoms with Crippen LogP contribution in [0.4, 0.5) is 0 Å². The minimum atomic E-state index is -0.226. The zero-order valence-electron chi connectivity index (χ0n) is 10.8. The molecule has 0 aliphatic carbocycles. The third-order valence-electron chi connectivity index (χ3n) is 3.47. The minimum Gasteiger partial charge on any atom is -0.505 e. The van der Waals surface area contributed by atoms with Gasteiger partial charge in [-0.25, -0.2) is 0 Å². The summed E-state index contributed by atoms with van der Waals surface area (Å²) in [6.45, 7) is 4.10. The molecular weight excluding hydrogens is 230 g/mol. The van der Waals surface area contributed by atoms with Crippen molar-refractivity contribution in [2.45, 2.75) is 19.4 Å². The number of hydrogen-bond donors (Lipinski definition) is 2. The number of nitrogens with zero attached hydrogens (tertiary/aromatic N) is 2. The van der Waals surface area contributed by atoms with Crippen LogP contribution in [0.3, 0.4) is 0 Å². The van der Waals surface area contributed by atoms with Gasteiger partial charge in [0.05, 0.1) is 11.8 Å². The van der Waals surface area contributed by atoms with Crippen molar-refractivity contribution in [2.75, 3.05) is 20.1 Å². The summed E-state index contributed by atoms with van der Waals surface area (Å²) in [5.74, 6) is 0.114. The molecule has 2 unspecified atom stereocenters. The van der Waals surface area contributed by atoms with Gasteiger partial charge in [0.1, 0.15) is 5.75 Å². The van der Waals surface area contributed by atoms with Crippen molar-refractivity contribution < 1.29 is 9.90 Å². The third-order valence-corrected chi connectivity index (χ3v) is 3.47. The van der Waals surface area contributed by atoms with Gasteiger partial charge < -0.3 is 15.3 Å². The summed E-state index contributed by atoms with van der Waals surface area (Å²) in [6.07, 6.45) is 3.73. The Morgan fingerprint density at radius 3 is 3.06 bits per heavy atom. The van der Waals surface area contributed by atoms with Gasteiger partial charge in [0.2, 0.25) is 0 Å². The Bertz CT molecular complexity index is 436. The van der Waals surface area contributed by atoms with E-state index in [1.807, 2.05) is 0 Å². The van der Waals surface area contributed by atoms with Crippen LogP contribution in [0.1, 0.15) is 23.7 Å². The predicted molar refractivity (Wildman–Crippen MR) is 68.4 cm³/mol. The van der Waals surface area contributed by atoms with E-state index in [9.17, 15) is 9.90 Å². The Balaban J connectivity index is 2.02. The fraction of sp³-hybridized carbons (Fsp3) is 0.538. The number of aromatic hydroxyl groups is 1. The molecule has 1 fully saturated rings. The Hall–Kier alpha value is -1.62. The Morgan fingerprint density at radius 1 is 1.61 bits per heavy atom. The summed E-state index contributed by atoms with van der Waals surface area (Å²) in [4.78, 5) is 18.1. The van der Waals surface area contributed by atoms with Crippen LogP contribution in [0.5, 0.6) is 5.75 Å². The summed E-state index contributed by atoms with van der Waals surface area (Å²) in [5, 5.41) is 12.6. The van der Waals surface area contributed by atoms with E-state index in [1.54, 1.807) is 0 Å². The van der Waals surface area contributed by atoms with E-state index in [-0.39, 0.29) is 23.3 Å². The largest absolute Gasteiger partial charge is 0.505 e. The molecule has 2 N–H and O–H groups in total. The normalized spacial score (nSPS) is 24.8. The van der Waals surface area contributed by atoms with E-state index in [0.717, 1.165) is 19.5 Å². The quantitative estimate of drug-likeness (QED) is 0.816. The maximum Gasteiger partial charge on any atom is 0.255 e. The number of likely N-dealkylation sites (tertiary alicyclic amines) is 1. The van der Waals surface area contributed by atoms with Crippen LogP contribution in [-0.4, -0.2) is 47.1 Å². The molecule has 1 amide bonds. The molecule has 0 saturated carbocycles. The first-order chi connectivity index (χ1) is 8.58. The van der Waals surface area contributed by atoms with Crippen molar-refractivity contribution in [2.24, 2.45) is 5.92 Å². The number of carbonyl (C=O) groups excluding carboxylic acids is 1. The lowest BCUT2D eigenvalue weighted by Crippen LogP contribution is -2.48. The smallest absolute Gasteiger partial charge is 0.255 e. The second kappa shape index (κ2) is 5.35. The topological polar surface area (TPSA) is 65.5 Å². The molecule has 1 aliphatic rings. The lowest BCUT2D eigenvalue weighted by atomic mass is 9.94. The maximum atomic E-state index is 12.0. The van der Waals surface area contributed by atoms with Gasteiger partial charge in [0, 0.05) is 18.8 Å². The monoisotopic (exact) mass is 249 g/mol. The molecule has 2 rings (SSSR count). The molecule has 0 spiro atoms. The van der Waals surface area contributed by atoms with Crippen molar-refractivity contribution in [1.29, 1.82) is 0 Å². The van der Waals surface area contributed by atoms with Crippen LogP contribution in [0, 0.1) is 5.92 Å². The average molecular weight is 249 g/mol. The molecule has 2 atom stereocenters. The second-order valence-electron chi connectivity index (χ2n) is 5.00. The SMILES string of the molecule is CC1CN(C)CCC1NC(=O)c1ccncc1O. The number of aromatic nitrogens is 1. The predicted octanol–water partition coefficient (Wildman–Crippen LogP) is 0.857. The van der Waals surface area contributed by atoms with Gasteiger partial charge in [-0.2, -0.15) is 0 Å². The first kappa shape index (κ1) is 12.8. The second-order valence-corrected chi connectivity index (χ2v) is 5.00. The summed E-state index contributed by atoms with van der Waals surface area (Å²) < 4.78 is 0. The van der Waals surface area contributed by atoms with Crippen molar-refractivity contribution >= 4 is 5.91 Å². The lowest BCUT2D eigenvalue weighted by molar-refractivity contribution is 0.0881. The van der Waals surface area contributed by atoms with E-state index in [2.05, 4.69) is 29.2 Å². The average Bonchev–Trinajstić information content (AvgIpc) is 2.33. The number of hydrogen-bond acceptors (Lipinski definition) is 4. The number of pyridine rings is 1. The fourth-order valence-corrected chi connectivity index (χ4v) is 2.39. The number of amides is 1. The van der Waals surface area contributed by atoms with E-state index < -0.39 is 0 Å². The highest BCUT2D eigenvalue weighted by atomic mass is 16.3. The Morgan fingerprint density at radius 2 is 2.39 bits per heavy atom. The number of rotatable bonds is 2. The zero-order chi connectivity index (χ0) is 13.1. The van der Waals surface area contributed by atoms with Gasteiger partial charge in [0.25, 0.3) is 5.91 Å². The van der Waals surface area contributed by atoms with Crippen LogP contribution in [0.2, 0.25) is 0 Å². The first-order valence-corrected chi connectivity index (χ1v) is 6.20. The molecule has 5 nitrogen and oxygen atoms in total. The highest BCUT2D eigenvalue weighted by molar-refractivity contribution is 5.96. The number of carbonyl (C=O) groups is 1. The van der Waals surface area contributed by atoms with Crippen LogP contribution in [-0.2, 0) is 0 Å². The van der Waals surface area contributed by atoms with E-state index in [1.165, 1.54) is 18.5 Å². The van der Waals surface area contributed by atoms with Crippen molar-refractivity contribution in [3.63, 3.8) is 0 Å². The van der Waals surface area contributed by atoms with Crippen molar-refractivity contribution in [1.82, 2.24) is 15.2 Å². The molecule has 1 saturated heterocycles. The van der Waals surface area contributed by atoms with Crippen LogP contribution in [0.25, 0.3) is 0 Å². The molecule has 0 bridgehead atoms. The zero-order valence-corrected chi connectivity index (χ0v) is 10.8. The summed E-state index contributed by atoms with van der Waals surface area (Å²) in [5.41, 5.74) is 0.288. The van der Waals surface area contributed by atoms with Gasteiger partial charge in [-0.1, -0.05) is 6.92 Å². The fourth-order valence-electron chi connectivity index (χ4n) is 2.39. The van der Waals surface area contributed by atoms with Crippen LogP contribution >= 0.6 is 0 Å². The molecular formula is C13H19N3O2. The summed E-state index contributed by atoms with van der Waals surface area (Å²) in [6, 6.07) is 1.70. The first-order valence-electron chi connectivity index (χ1n) is 6.20. The molecule has 98 valence electrons. The van der Waals surface area contributed by atoms with Crippen LogP contribution < -0.4 is 5.32 Å². The Labute approximate surface area is 107 Å². The van der Waals surface area contributed by atoms with Crippen molar-refractivity contribution in [3.05, 3.63) is 24.0 Å². The van der Waals surface area contributed by atoms with Gasteiger partial charge in [-0.05, 0) is 32.0 Å². The van der Waals surface area contributed by atoms with E-state index in [0.29, 0.717) is 5.92 Å². The summed E-state index contributed by atoms with van der Waals surface area (Å²) >= 11 is 0. The molecule has 0 aromatic carbocycles. The highest BCUT2D eigenvalue weighted by Crippen LogP contribution is 2.18. The standard InChI is InChI=1S/C13H19N3O2/c1-9-8-16(2)6-4-11(9)15-13(18)10-3-5-14-7-12(10)17/h3,5,7,9,11,17H,4,6,8H2,1-2H3,(H,15,18). The molecule has 2 heterocycles. The van der Waals surface area contributed by atoms with Gasteiger partial charge in [-0.3, -0.25) is 9.78 Å². The third kappa shape index (κ3) is 2.79. The van der Waals surface area contributed by atoms with Crippen molar-refractivity contribution in [3.8, 4) is 5.75 Å². The lowest BCUT2D eigenvalue weighted by Gasteiger charge is -2.35.